The van der Waals surface area contributed by atoms with E-state index in [2.05, 4.69) is 14.8 Å². The molecule has 0 spiro atoms. The van der Waals surface area contributed by atoms with Crippen LogP contribution < -0.4 is 14.8 Å². The van der Waals surface area contributed by atoms with E-state index in [1.807, 2.05) is 0 Å². The summed E-state index contributed by atoms with van der Waals surface area (Å²) in [5.74, 6) is 0. The molecule has 0 atom stereocenters. The Balaban J connectivity index is 1.68. The van der Waals surface area contributed by atoms with Crippen LogP contribution in [0.25, 0.3) is 0 Å². The quantitative estimate of drug-likeness (QED) is 0.439. The maximum atomic E-state index is 12.5. The topological polar surface area (TPSA) is 104 Å². The molecule has 1 aliphatic carbocycles. The third-order valence-electron chi connectivity index (χ3n) is 5.37. The van der Waals surface area contributed by atoms with E-state index in [0.29, 0.717) is 11.4 Å². The van der Waals surface area contributed by atoms with Gasteiger partial charge in [-0.25, -0.2) is 26.3 Å². The third-order valence-corrected chi connectivity index (χ3v) is 9.11. The summed E-state index contributed by atoms with van der Waals surface area (Å²) in [6.45, 7) is 6.24. The first kappa shape index (κ1) is 25.1. The van der Waals surface area contributed by atoms with E-state index in [4.69, 9.17) is 0 Å². The SMILES string of the molecule is CC(C)(C)S(=O)(=O)NCCCCCNc1ccc(S(=O)(=O)NC2CCCCC2)cc1. The minimum absolute atomic E-state index is 0.0504. The lowest BCUT2D eigenvalue weighted by Gasteiger charge is -2.22. The Kier molecular flexibility index (Phi) is 9.14. The largest absolute Gasteiger partial charge is 0.385 e. The van der Waals surface area contributed by atoms with Crippen molar-refractivity contribution in [3.63, 3.8) is 0 Å². The average Bonchev–Trinajstić information content (AvgIpc) is 2.67. The van der Waals surface area contributed by atoms with Crippen molar-refractivity contribution in [2.75, 3.05) is 18.4 Å². The van der Waals surface area contributed by atoms with E-state index < -0.39 is 24.8 Å². The second-order valence-corrected chi connectivity index (χ2v) is 13.2. The van der Waals surface area contributed by atoms with E-state index in [1.54, 1.807) is 45.0 Å². The lowest BCUT2D eigenvalue weighted by Crippen LogP contribution is -2.39. The summed E-state index contributed by atoms with van der Waals surface area (Å²) in [6.07, 6.45) is 7.76. The van der Waals surface area contributed by atoms with Crippen LogP contribution in [0.1, 0.15) is 72.1 Å². The molecule has 2 rings (SSSR count). The van der Waals surface area contributed by atoms with Crippen molar-refractivity contribution < 1.29 is 16.8 Å². The number of nitrogens with one attached hydrogen (secondary N) is 3. The standard InChI is InChI=1S/C21H37N3O4S2/c1-21(2,3)30(27,28)23-17-9-5-8-16-22-18-12-14-20(15-13-18)29(25,26)24-19-10-6-4-7-11-19/h12-15,19,22-24H,4-11,16-17H2,1-3H3. The maximum Gasteiger partial charge on any atom is 0.240 e. The zero-order chi connectivity index (χ0) is 22.3. The fourth-order valence-electron chi connectivity index (χ4n) is 3.34. The Hall–Kier alpha value is -1.16. The summed E-state index contributed by atoms with van der Waals surface area (Å²) in [7, 11) is -6.75. The highest BCUT2D eigenvalue weighted by Gasteiger charge is 2.28. The molecule has 1 aromatic rings. The van der Waals surface area contributed by atoms with Crippen LogP contribution in [0.3, 0.4) is 0 Å². The molecule has 0 aliphatic heterocycles. The lowest BCUT2D eigenvalue weighted by atomic mass is 9.96. The molecular weight excluding hydrogens is 422 g/mol. The van der Waals surface area contributed by atoms with Crippen LogP contribution >= 0.6 is 0 Å². The Morgan fingerprint density at radius 2 is 1.47 bits per heavy atom. The van der Waals surface area contributed by atoms with E-state index in [1.165, 1.54) is 6.42 Å². The fraction of sp³-hybridized carbons (Fsp3) is 0.714. The first-order valence-corrected chi connectivity index (χ1v) is 13.8. The average molecular weight is 460 g/mol. The summed E-state index contributed by atoms with van der Waals surface area (Å²) >= 11 is 0. The van der Waals surface area contributed by atoms with Crippen LogP contribution in [0, 0.1) is 0 Å². The second kappa shape index (κ2) is 10.9. The van der Waals surface area contributed by atoms with Gasteiger partial charge in [-0.3, -0.25) is 0 Å². The molecule has 1 saturated carbocycles. The van der Waals surface area contributed by atoms with Gasteiger partial charge in [0.2, 0.25) is 20.0 Å². The maximum absolute atomic E-state index is 12.5. The highest BCUT2D eigenvalue weighted by atomic mass is 32.2. The first-order chi connectivity index (χ1) is 14.0. The van der Waals surface area contributed by atoms with Crippen molar-refractivity contribution in [1.82, 2.24) is 9.44 Å². The Morgan fingerprint density at radius 3 is 2.07 bits per heavy atom. The molecule has 1 aliphatic rings. The number of hydrogen-bond donors (Lipinski definition) is 3. The summed E-state index contributed by atoms with van der Waals surface area (Å²) in [6, 6.07) is 6.89. The third kappa shape index (κ3) is 7.83. The molecule has 0 saturated heterocycles. The zero-order valence-corrected chi connectivity index (χ0v) is 20.0. The summed E-state index contributed by atoms with van der Waals surface area (Å²) in [5.41, 5.74) is 0.875. The smallest absolute Gasteiger partial charge is 0.240 e. The monoisotopic (exact) mass is 459 g/mol. The van der Waals surface area contributed by atoms with Crippen molar-refractivity contribution in [1.29, 1.82) is 0 Å². The van der Waals surface area contributed by atoms with Gasteiger partial charge in [0, 0.05) is 24.8 Å². The van der Waals surface area contributed by atoms with Gasteiger partial charge in [0.25, 0.3) is 0 Å². The Labute approximate surface area is 182 Å². The normalized spacial score (nSPS) is 16.5. The van der Waals surface area contributed by atoms with Crippen molar-refractivity contribution in [3.05, 3.63) is 24.3 Å². The number of hydrogen-bond acceptors (Lipinski definition) is 5. The number of unbranched alkanes of at least 4 members (excludes halogenated alkanes) is 2. The van der Waals surface area contributed by atoms with E-state index >= 15 is 0 Å². The van der Waals surface area contributed by atoms with Crippen molar-refractivity contribution in [3.8, 4) is 0 Å². The molecule has 0 unspecified atom stereocenters. The lowest BCUT2D eigenvalue weighted by molar-refractivity contribution is 0.412. The molecule has 172 valence electrons. The molecule has 0 heterocycles. The van der Waals surface area contributed by atoms with E-state index in [9.17, 15) is 16.8 Å². The Bertz CT molecular complexity index is 855. The highest BCUT2D eigenvalue weighted by molar-refractivity contribution is 7.90. The molecule has 0 aromatic heterocycles. The van der Waals surface area contributed by atoms with Gasteiger partial charge >= 0.3 is 0 Å². The van der Waals surface area contributed by atoms with Gasteiger partial charge in [0.1, 0.15) is 0 Å². The summed E-state index contributed by atoms with van der Waals surface area (Å²) < 4.78 is 53.7. The van der Waals surface area contributed by atoms with Crippen molar-refractivity contribution >= 4 is 25.7 Å². The predicted octanol–water partition coefficient (Wildman–Crippen LogP) is 3.60. The molecule has 30 heavy (non-hydrogen) atoms. The van der Waals surface area contributed by atoms with Gasteiger partial charge in [-0.1, -0.05) is 25.7 Å². The van der Waals surface area contributed by atoms with Crippen LogP contribution in [0.2, 0.25) is 0 Å². The minimum atomic E-state index is -3.47. The molecule has 1 fully saturated rings. The van der Waals surface area contributed by atoms with Gasteiger partial charge in [-0.05, 0) is 70.7 Å². The fourth-order valence-corrected chi connectivity index (χ4v) is 5.49. The van der Waals surface area contributed by atoms with Gasteiger partial charge in [0.05, 0.1) is 9.64 Å². The molecule has 9 heteroatoms. The van der Waals surface area contributed by atoms with Gasteiger partial charge in [0.15, 0.2) is 0 Å². The minimum Gasteiger partial charge on any atom is -0.385 e. The van der Waals surface area contributed by atoms with Gasteiger partial charge in [-0.15, -0.1) is 0 Å². The second-order valence-electron chi connectivity index (χ2n) is 8.98. The highest BCUT2D eigenvalue weighted by Crippen LogP contribution is 2.21. The van der Waals surface area contributed by atoms with Crippen LogP contribution in [0.4, 0.5) is 5.69 Å². The molecular formula is C21H37N3O4S2. The molecule has 7 nitrogen and oxygen atoms in total. The summed E-state index contributed by atoms with van der Waals surface area (Å²) in [5, 5.41) is 3.28. The van der Waals surface area contributed by atoms with Crippen LogP contribution in [0.5, 0.6) is 0 Å². The number of anilines is 1. The molecule has 0 amide bonds. The number of benzene rings is 1. The van der Waals surface area contributed by atoms with Gasteiger partial charge < -0.3 is 5.32 Å². The van der Waals surface area contributed by atoms with Gasteiger partial charge in [-0.2, -0.15) is 0 Å². The molecule has 3 N–H and O–H groups in total. The van der Waals surface area contributed by atoms with Crippen molar-refractivity contribution in [2.24, 2.45) is 0 Å². The predicted molar refractivity (Wildman–Crippen MR) is 123 cm³/mol. The molecule has 0 bridgehead atoms. The van der Waals surface area contributed by atoms with Crippen LogP contribution in [-0.2, 0) is 20.0 Å². The first-order valence-electron chi connectivity index (χ1n) is 10.9. The number of rotatable bonds is 11. The van der Waals surface area contributed by atoms with E-state index in [0.717, 1.165) is 57.2 Å². The molecule has 0 radical (unpaired) electrons. The van der Waals surface area contributed by atoms with E-state index in [-0.39, 0.29) is 6.04 Å². The Morgan fingerprint density at radius 1 is 0.867 bits per heavy atom. The van der Waals surface area contributed by atoms with Crippen LogP contribution in [0.15, 0.2) is 29.2 Å². The van der Waals surface area contributed by atoms with Crippen molar-refractivity contribution in [2.45, 2.75) is 87.8 Å². The van der Waals surface area contributed by atoms with Crippen LogP contribution in [-0.4, -0.2) is 40.7 Å². The molecule has 1 aromatic carbocycles. The number of sulfonamides is 2. The summed E-state index contributed by atoms with van der Waals surface area (Å²) in [4.78, 5) is 0.296. The zero-order valence-electron chi connectivity index (χ0n) is 18.4.